The van der Waals surface area contributed by atoms with E-state index in [4.69, 9.17) is 11.6 Å². The van der Waals surface area contributed by atoms with Gasteiger partial charge in [-0.25, -0.2) is 0 Å². The van der Waals surface area contributed by atoms with Crippen molar-refractivity contribution in [3.8, 4) is 0 Å². The quantitative estimate of drug-likeness (QED) is 0.847. The molecule has 0 heterocycles. The van der Waals surface area contributed by atoms with E-state index in [0.717, 1.165) is 21.1 Å². The average molecular weight is 275 g/mol. The number of halogens is 2. The first-order valence-electron chi connectivity index (χ1n) is 4.89. The highest BCUT2D eigenvalue weighted by Gasteiger charge is 2.26. The van der Waals surface area contributed by atoms with Crippen molar-refractivity contribution < 1.29 is 0 Å². The number of nitrogens with one attached hydrogen (secondary N) is 1. The van der Waals surface area contributed by atoms with E-state index in [9.17, 15) is 0 Å². The maximum atomic E-state index is 6.16. The Morgan fingerprint density at radius 1 is 1.43 bits per heavy atom. The highest BCUT2D eigenvalue weighted by atomic mass is 79.9. The van der Waals surface area contributed by atoms with E-state index >= 15 is 0 Å². The summed E-state index contributed by atoms with van der Waals surface area (Å²) >= 11 is 9.58. The maximum Gasteiger partial charge on any atom is 0.0779 e. The highest BCUT2D eigenvalue weighted by molar-refractivity contribution is 9.10. The van der Waals surface area contributed by atoms with Crippen LogP contribution in [0.15, 0.2) is 22.7 Å². The van der Waals surface area contributed by atoms with Gasteiger partial charge >= 0.3 is 0 Å². The second-order valence-electron chi connectivity index (χ2n) is 3.91. The summed E-state index contributed by atoms with van der Waals surface area (Å²) < 4.78 is 0.955. The lowest BCUT2D eigenvalue weighted by molar-refractivity contribution is 0.303. The van der Waals surface area contributed by atoms with Gasteiger partial charge in [0.15, 0.2) is 0 Å². The molecule has 1 aliphatic rings. The summed E-state index contributed by atoms with van der Waals surface area (Å²) in [5, 5.41) is 4.26. The zero-order chi connectivity index (χ0) is 10.1. The lowest BCUT2D eigenvalue weighted by atomic mass is 9.81. The first-order chi connectivity index (χ1) is 6.68. The smallest absolute Gasteiger partial charge is 0.0779 e. The van der Waals surface area contributed by atoms with Crippen LogP contribution >= 0.6 is 27.5 Å². The van der Waals surface area contributed by atoms with Crippen LogP contribution in [0.3, 0.4) is 0 Å². The predicted octanol–water partition coefficient (Wildman–Crippen LogP) is 4.31. The van der Waals surface area contributed by atoms with Crippen molar-refractivity contribution in [1.82, 2.24) is 0 Å². The molecule has 14 heavy (non-hydrogen) atoms. The van der Waals surface area contributed by atoms with E-state index < -0.39 is 0 Å². The number of anilines is 1. The van der Waals surface area contributed by atoms with Crippen LogP contribution in [-0.4, -0.2) is 6.04 Å². The molecule has 1 aliphatic carbocycles. The summed E-state index contributed by atoms with van der Waals surface area (Å²) in [6.07, 6.45) is 2.58. The molecule has 2 rings (SSSR count). The molecule has 0 aliphatic heterocycles. The van der Waals surface area contributed by atoms with Crippen LogP contribution in [0, 0.1) is 5.92 Å². The average Bonchev–Trinajstić information content (AvgIpc) is 2.18. The SMILES string of the molecule is CC1CCC1Nc1cccc(Br)c1Cl. The third-order valence-electron chi connectivity index (χ3n) is 2.91. The Hall–Kier alpha value is -0.210. The van der Waals surface area contributed by atoms with Crippen LogP contribution in [0.2, 0.25) is 5.02 Å². The summed E-state index contributed by atoms with van der Waals surface area (Å²) in [5.41, 5.74) is 1.04. The van der Waals surface area contributed by atoms with Gasteiger partial charge in [0.25, 0.3) is 0 Å². The molecular weight excluding hydrogens is 261 g/mol. The van der Waals surface area contributed by atoms with Gasteiger partial charge in [0.05, 0.1) is 10.7 Å². The first-order valence-corrected chi connectivity index (χ1v) is 6.06. The van der Waals surface area contributed by atoms with Gasteiger partial charge < -0.3 is 5.32 Å². The van der Waals surface area contributed by atoms with Gasteiger partial charge in [-0.05, 0) is 46.8 Å². The van der Waals surface area contributed by atoms with Crippen molar-refractivity contribution in [2.24, 2.45) is 5.92 Å². The molecule has 2 atom stereocenters. The molecule has 0 spiro atoms. The fourth-order valence-corrected chi connectivity index (χ4v) is 2.24. The molecule has 2 unspecified atom stereocenters. The van der Waals surface area contributed by atoms with Crippen LogP contribution < -0.4 is 5.32 Å². The van der Waals surface area contributed by atoms with Gasteiger partial charge in [0, 0.05) is 10.5 Å². The maximum absolute atomic E-state index is 6.16. The van der Waals surface area contributed by atoms with Crippen LogP contribution in [0.4, 0.5) is 5.69 Å². The first kappa shape index (κ1) is 10.3. The Labute approximate surface area is 98.0 Å². The van der Waals surface area contributed by atoms with Gasteiger partial charge in [0.2, 0.25) is 0 Å². The van der Waals surface area contributed by atoms with Crippen molar-refractivity contribution >= 4 is 33.2 Å². The molecule has 0 aromatic heterocycles. The van der Waals surface area contributed by atoms with E-state index in [1.165, 1.54) is 12.8 Å². The summed E-state index contributed by atoms with van der Waals surface area (Å²) in [6.45, 7) is 2.27. The van der Waals surface area contributed by atoms with Crippen LogP contribution in [0.25, 0.3) is 0 Å². The Morgan fingerprint density at radius 3 is 2.79 bits per heavy atom. The molecular formula is C11H13BrClN. The molecule has 1 saturated carbocycles. The van der Waals surface area contributed by atoms with E-state index in [1.54, 1.807) is 0 Å². The minimum atomic E-state index is 0.599. The zero-order valence-corrected chi connectivity index (χ0v) is 10.4. The minimum absolute atomic E-state index is 0.599. The summed E-state index contributed by atoms with van der Waals surface area (Å²) in [7, 11) is 0. The molecule has 1 N–H and O–H groups in total. The minimum Gasteiger partial charge on any atom is -0.381 e. The number of hydrogen-bond donors (Lipinski definition) is 1. The van der Waals surface area contributed by atoms with E-state index in [2.05, 4.69) is 28.2 Å². The fourth-order valence-electron chi connectivity index (χ4n) is 1.70. The van der Waals surface area contributed by atoms with Gasteiger partial charge in [-0.3, -0.25) is 0 Å². The second-order valence-corrected chi connectivity index (χ2v) is 5.14. The van der Waals surface area contributed by atoms with Crippen molar-refractivity contribution in [1.29, 1.82) is 0 Å². The van der Waals surface area contributed by atoms with Crippen LogP contribution in [-0.2, 0) is 0 Å². The Balaban J connectivity index is 2.12. The second kappa shape index (κ2) is 4.11. The lowest BCUT2D eigenvalue weighted by Crippen LogP contribution is -2.36. The van der Waals surface area contributed by atoms with Crippen molar-refractivity contribution in [2.45, 2.75) is 25.8 Å². The molecule has 1 aromatic carbocycles. The number of benzene rings is 1. The third-order valence-corrected chi connectivity index (χ3v) is 4.21. The molecule has 0 amide bonds. The molecule has 3 heteroatoms. The van der Waals surface area contributed by atoms with Crippen LogP contribution in [0.5, 0.6) is 0 Å². The molecule has 1 fully saturated rings. The molecule has 1 nitrogen and oxygen atoms in total. The summed E-state index contributed by atoms with van der Waals surface area (Å²) in [6, 6.07) is 6.58. The normalized spacial score (nSPS) is 25.6. The standard InChI is InChI=1S/C11H13BrClN/c1-7-5-6-9(7)14-10-4-2-3-8(12)11(10)13/h2-4,7,9,14H,5-6H2,1H3. The van der Waals surface area contributed by atoms with Crippen molar-refractivity contribution in [3.05, 3.63) is 27.7 Å². The largest absolute Gasteiger partial charge is 0.381 e. The van der Waals surface area contributed by atoms with Crippen LogP contribution in [0.1, 0.15) is 19.8 Å². The van der Waals surface area contributed by atoms with E-state index in [1.807, 2.05) is 18.2 Å². The van der Waals surface area contributed by atoms with Gasteiger partial charge in [-0.2, -0.15) is 0 Å². The molecule has 0 saturated heterocycles. The zero-order valence-electron chi connectivity index (χ0n) is 8.06. The monoisotopic (exact) mass is 273 g/mol. The summed E-state index contributed by atoms with van der Waals surface area (Å²) in [4.78, 5) is 0. The molecule has 0 bridgehead atoms. The number of hydrogen-bond acceptors (Lipinski definition) is 1. The van der Waals surface area contributed by atoms with Gasteiger partial charge in [0.1, 0.15) is 0 Å². The Kier molecular flexibility index (Phi) is 3.03. The van der Waals surface area contributed by atoms with Crippen molar-refractivity contribution in [2.75, 3.05) is 5.32 Å². The highest BCUT2D eigenvalue weighted by Crippen LogP contribution is 2.35. The summed E-state index contributed by atoms with van der Waals surface area (Å²) in [5.74, 6) is 0.769. The van der Waals surface area contributed by atoms with Crippen molar-refractivity contribution in [3.63, 3.8) is 0 Å². The molecule has 1 aromatic rings. The Morgan fingerprint density at radius 2 is 2.21 bits per heavy atom. The third kappa shape index (κ3) is 1.91. The topological polar surface area (TPSA) is 12.0 Å². The number of rotatable bonds is 2. The lowest BCUT2D eigenvalue weighted by Gasteiger charge is -2.35. The van der Waals surface area contributed by atoms with E-state index in [0.29, 0.717) is 6.04 Å². The van der Waals surface area contributed by atoms with Gasteiger partial charge in [-0.15, -0.1) is 0 Å². The Bertz CT molecular complexity index is 340. The fraction of sp³-hybridized carbons (Fsp3) is 0.455. The van der Waals surface area contributed by atoms with E-state index in [-0.39, 0.29) is 0 Å². The van der Waals surface area contributed by atoms with Gasteiger partial charge in [-0.1, -0.05) is 24.6 Å². The predicted molar refractivity (Wildman–Crippen MR) is 65.0 cm³/mol. The molecule has 76 valence electrons. The molecule has 0 radical (unpaired) electrons.